The molecule has 1 aliphatic heterocycles. The van der Waals surface area contributed by atoms with E-state index in [4.69, 9.17) is 4.74 Å². The predicted octanol–water partition coefficient (Wildman–Crippen LogP) is 2.69. The molecule has 0 bridgehead atoms. The first-order valence-corrected chi connectivity index (χ1v) is 8.62. The van der Waals surface area contributed by atoms with Crippen LogP contribution in [0.4, 0.5) is 0 Å². The molecule has 1 aromatic carbocycles. The molecule has 6 nitrogen and oxygen atoms in total. The predicted molar refractivity (Wildman–Crippen MR) is 95.9 cm³/mol. The fourth-order valence-corrected chi connectivity index (χ4v) is 3.46. The molecule has 25 heavy (non-hydrogen) atoms. The summed E-state index contributed by atoms with van der Waals surface area (Å²) in [6.07, 6.45) is 3.98. The molecule has 130 valence electrons. The molecule has 0 radical (unpaired) electrons. The summed E-state index contributed by atoms with van der Waals surface area (Å²) in [4.78, 5) is 7.04. The molecule has 1 N–H and O–H groups in total. The van der Waals surface area contributed by atoms with E-state index in [1.54, 1.807) is 0 Å². The summed E-state index contributed by atoms with van der Waals surface area (Å²) in [6.45, 7) is 5.34. The largest absolute Gasteiger partial charge is 0.368 e. The average molecular weight is 337 g/mol. The van der Waals surface area contributed by atoms with Crippen LogP contribution in [0.1, 0.15) is 23.2 Å². The van der Waals surface area contributed by atoms with Crippen LogP contribution in [0.5, 0.6) is 0 Å². The number of benzene rings is 1. The number of rotatable bonds is 4. The standard InChI is InChI=1S/C19H23N5O/c1-14-11-23(2)19(21-14)17-13-24(8-9-25-17)12-16-10-20-22-18(16)15-6-4-3-5-7-15/h3-7,10-11,17H,8-9,12-13H2,1-2H3,(H,20,22)/t17-/m1/s1. The third-order valence-corrected chi connectivity index (χ3v) is 4.65. The number of hydrogen-bond acceptors (Lipinski definition) is 4. The molecule has 0 saturated carbocycles. The van der Waals surface area contributed by atoms with Crippen LogP contribution in [-0.2, 0) is 18.3 Å². The van der Waals surface area contributed by atoms with Crippen LogP contribution >= 0.6 is 0 Å². The number of ether oxygens (including phenoxy) is 1. The van der Waals surface area contributed by atoms with Crippen LogP contribution in [0, 0.1) is 6.92 Å². The smallest absolute Gasteiger partial charge is 0.139 e. The van der Waals surface area contributed by atoms with Gasteiger partial charge in [0.2, 0.25) is 0 Å². The van der Waals surface area contributed by atoms with Crippen molar-refractivity contribution in [2.24, 2.45) is 7.05 Å². The lowest BCUT2D eigenvalue weighted by Crippen LogP contribution is -2.38. The Morgan fingerprint density at radius 2 is 2.12 bits per heavy atom. The molecule has 1 saturated heterocycles. The Morgan fingerprint density at radius 3 is 2.88 bits per heavy atom. The molecule has 0 amide bonds. The lowest BCUT2D eigenvalue weighted by atomic mass is 10.1. The Labute approximate surface area is 147 Å². The highest BCUT2D eigenvalue weighted by atomic mass is 16.5. The molecule has 2 aromatic heterocycles. The number of H-pyrrole nitrogens is 1. The van der Waals surface area contributed by atoms with E-state index in [9.17, 15) is 0 Å². The normalized spacial score (nSPS) is 18.6. The zero-order valence-corrected chi connectivity index (χ0v) is 14.6. The van der Waals surface area contributed by atoms with Gasteiger partial charge in [-0.3, -0.25) is 10.00 Å². The average Bonchev–Trinajstić information content (AvgIpc) is 3.22. The second-order valence-corrected chi connectivity index (χ2v) is 6.58. The molecule has 3 aromatic rings. The Kier molecular flexibility index (Phi) is 4.38. The van der Waals surface area contributed by atoms with E-state index < -0.39 is 0 Å². The number of nitrogens with zero attached hydrogens (tertiary/aromatic N) is 4. The van der Waals surface area contributed by atoms with Crippen molar-refractivity contribution in [3.05, 3.63) is 59.8 Å². The van der Waals surface area contributed by atoms with Gasteiger partial charge in [0.05, 0.1) is 24.2 Å². The maximum absolute atomic E-state index is 5.97. The summed E-state index contributed by atoms with van der Waals surface area (Å²) in [5, 5.41) is 7.40. The van der Waals surface area contributed by atoms with Crippen molar-refractivity contribution >= 4 is 0 Å². The monoisotopic (exact) mass is 337 g/mol. The van der Waals surface area contributed by atoms with Gasteiger partial charge in [0, 0.05) is 38.4 Å². The summed E-state index contributed by atoms with van der Waals surface area (Å²) in [7, 11) is 2.03. The van der Waals surface area contributed by atoms with E-state index in [0.717, 1.165) is 43.5 Å². The molecule has 1 fully saturated rings. The lowest BCUT2D eigenvalue weighted by Gasteiger charge is -2.32. The van der Waals surface area contributed by atoms with Gasteiger partial charge in [0.15, 0.2) is 0 Å². The van der Waals surface area contributed by atoms with E-state index in [-0.39, 0.29) is 6.10 Å². The van der Waals surface area contributed by atoms with Crippen LogP contribution in [0.15, 0.2) is 42.7 Å². The Hall–Kier alpha value is -2.44. The topological polar surface area (TPSA) is 59.0 Å². The summed E-state index contributed by atoms with van der Waals surface area (Å²) >= 11 is 0. The van der Waals surface area contributed by atoms with Gasteiger partial charge in [-0.25, -0.2) is 4.98 Å². The van der Waals surface area contributed by atoms with Crippen molar-refractivity contribution in [3.8, 4) is 11.3 Å². The Morgan fingerprint density at radius 1 is 1.28 bits per heavy atom. The van der Waals surface area contributed by atoms with Crippen LogP contribution in [0.3, 0.4) is 0 Å². The van der Waals surface area contributed by atoms with Crippen molar-refractivity contribution in [1.82, 2.24) is 24.6 Å². The Bertz CT molecular complexity index is 839. The highest BCUT2D eigenvalue weighted by molar-refractivity contribution is 5.62. The first-order valence-electron chi connectivity index (χ1n) is 8.62. The third-order valence-electron chi connectivity index (χ3n) is 4.65. The zero-order valence-electron chi connectivity index (χ0n) is 14.6. The molecule has 0 unspecified atom stereocenters. The molecular weight excluding hydrogens is 314 g/mol. The number of imidazole rings is 1. The second kappa shape index (κ2) is 6.82. The van der Waals surface area contributed by atoms with Crippen molar-refractivity contribution in [2.75, 3.05) is 19.7 Å². The van der Waals surface area contributed by atoms with Crippen molar-refractivity contribution in [1.29, 1.82) is 0 Å². The van der Waals surface area contributed by atoms with E-state index >= 15 is 0 Å². The fraction of sp³-hybridized carbons (Fsp3) is 0.368. The summed E-state index contributed by atoms with van der Waals surface area (Å²) < 4.78 is 8.04. The van der Waals surface area contributed by atoms with E-state index in [1.165, 1.54) is 11.1 Å². The van der Waals surface area contributed by atoms with Crippen molar-refractivity contribution in [3.63, 3.8) is 0 Å². The maximum Gasteiger partial charge on any atom is 0.139 e. The quantitative estimate of drug-likeness (QED) is 0.795. The molecule has 6 heteroatoms. The van der Waals surface area contributed by atoms with Crippen LogP contribution in [0.2, 0.25) is 0 Å². The van der Waals surface area contributed by atoms with Gasteiger partial charge in [-0.2, -0.15) is 5.10 Å². The molecule has 1 atom stereocenters. The third kappa shape index (κ3) is 3.36. The van der Waals surface area contributed by atoms with E-state index in [0.29, 0.717) is 0 Å². The van der Waals surface area contributed by atoms with Gasteiger partial charge in [0.1, 0.15) is 11.9 Å². The first-order chi connectivity index (χ1) is 12.2. The minimum atomic E-state index is 0.0135. The highest BCUT2D eigenvalue weighted by Crippen LogP contribution is 2.26. The molecule has 0 spiro atoms. The maximum atomic E-state index is 5.97. The Balaban J connectivity index is 1.50. The van der Waals surface area contributed by atoms with Gasteiger partial charge >= 0.3 is 0 Å². The summed E-state index contributed by atoms with van der Waals surface area (Å²) in [5.74, 6) is 0.998. The number of nitrogens with one attached hydrogen (secondary N) is 1. The zero-order chi connectivity index (χ0) is 17.2. The van der Waals surface area contributed by atoms with Crippen LogP contribution in [-0.4, -0.2) is 44.3 Å². The highest BCUT2D eigenvalue weighted by Gasteiger charge is 2.26. The lowest BCUT2D eigenvalue weighted by molar-refractivity contribution is -0.0383. The summed E-state index contributed by atoms with van der Waals surface area (Å²) in [6, 6.07) is 10.3. The number of aromatic amines is 1. The van der Waals surface area contributed by atoms with Gasteiger partial charge in [-0.1, -0.05) is 30.3 Å². The fourth-order valence-electron chi connectivity index (χ4n) is 3.46. The summed E-state index contributed by atoms with van der Waals surface area (Å²) in [5.41, 5.74) is 4.50. The van der Waals surface area contributed by atoms with Gasteiger partial charge < -0.3 is 9.30 Å². The molecule has 3 heterocycles. The molecule has 4 rings (SSSR count). The van der Waals surface area contributed by atoms with E-state index in [1.807, 2.05) is 44.6 Å². The molecular formula is C19H23N5O. The minimum Gasteiger partial charge on any atom is -0.368 e. The van der Waals surface area contributed by atoms with Crippen LogP contribution in [0.25, 0.3) is 11.3 Å². The van der Waals surface area contributed by atoms with Crippen molar-refractivity contribution in [2.45, 2.75) is 19.6 Å². The van der Waals surface area contributed by atoms with Gasteiger partial charge in [-0.05, 0) is 12.5 Å². The number of hydrogen-bond donors (Lipinski definition) is 1. The number of morpholine rings is 1. The minimum absolute atomic E-state index is 0.0135. The van der Waals surface area contributed by atoms with Crippen LogP contribution < -0.4 is 0 Å². The van der Waals surface area contributed by atoms with Crippen molar-refractivity contribution < 1.29 is 4.74 Å². The van der Waals surface area contributed by atoms with Gasteiger partial charge in [0.25, 0.3) is 0 Å². The molecule has 1 aliphatic rings. The number of aromatic nitrogens is 4. The molecule has 0 aliphatic carbocycles. The van der Waals surface area contributed by atoms with Gasteiger partial charge in [-0.15, -0.1) is 0 Å². The number of aryl methyl sites for hydroxylation is 2. The first kappa shape index (κ1) is 16.1. The second-order valence-electron chi connectivity index (χ2n) is 6.58. The SMILES string of the molecule is Cc1cn(C)c([C@H]2CN(Cc3cn[nH]c3-c3ccccc3)CCO2)n1. The van der Waals surface area contributed by atoms with E-state index in [2.05, 4.69) is 36.8 Å².